The van der Waals surface area contributed by atoms with Crippen molar-refractivity contribution in [3.05, 3.63) is 124 Å². The van der Waals surface area contributed by atoms with Gasteiger partial charge in [-0.25, -0.2) is 4.79 Å². The van der Waals surface area contributed by atoms with Crippen LogP contribution in [0.1, 0.15) is 60.4 Å². The van der Waals surface area contributed by atoms with Crippen LogP contribution in [0.25, 0.3) is 11.1 Å². The molecule has 0 radical (unpaired) electrons. The van der Waals surface area contributed by atoms with Crippen molar-refractivity contribution in [3.63, 3.8) is 0 Å². The predicted octanol–water partition coefficient (Wildman–Crippen LogP) is 7.40. The van der Waals surface area contributed by atoms with Gasteiger partial charge in [-0.1, -0.05) is 97.2 Å². The molecule has 2 N–H and O–H groups in total. The molecule has 0 saturated heterocycles. The number of amides is 2. The molecule has 2 aliphatic rings. The van der Waals surface area contributed by atoms with E-state index in [0.29, 0.717) is 48.2 Å². The average molecular weight is 651 g/mol. The minimum atomic E-state index is -1.17. The number of benzene rings is 4. The molecule has 47 heavy (non-hydrogen) atoms. The molecule has 1 unspecified atom stereocenters. The second-order valence-corrected chi connectivity index (χ2v) is 13.0. The molecule has 4 aromatic carbocycles. The van der Waals surface area contributed by atoms with Crippen molar-refractivity contribution in [2.24, 2.45) is 5.92 Å². The minimum absolute atomic E-state index is 0.0708. The van der Waals surface area contributed by atoms with Crippen molar-refractivity contribution in [3.8, 4) is 16.9 Å². The standard InChI is InChI=1S/C39H39ClN2O5/c40-32-17-12-28(13-18-32)25-47-33-19-16-31-20-21-42(36(43)23-26-6-4-5-7-26)37(34(31)24-33)38(44)41-35(39(45)46)22-27-10-14-30(15-11-27)29-8-2-1-3-9-29/h1-3,8-19,24,26,35,37H,4-7,20-23,25H2,(H,41,44)(H,45,46)/t35-,37?/m0/s1. The van der Waals surface area contributed by atoms with E-state index in [2.05, 4.69) is 5.32 Å². The number of fused-ring (bicyclic) bond motifs is 1. The number of aliphatic carboxylic acids is 1. The van der Waals surface area contributed by atoms with Gasteiger partial charge >= 0.3 is 5.97 Å². The fourth-order valence-electron chi connectivity index (χ4n) is 6.71. The molecule has 2 amide bonds. The molecule has 0 bridgehead atoms. The fourth-order valence-corrected chi connectivity index (χ4v) is 6.84. The summed E-state index contributed by atoms with van der Waals surface area (Å²) in [7, 11) is 0. The molecule has 2 atom stereocenters. The second-order valence-electron chi connectivity index (χ2n) is 12.5. The highest BCUT2D eigenvalue weighted by Crippen LogP contribution is 2.36. The molecule has 1 saturated carbocycles. The zero-order valence-electron chi connectivity index (χ0n) is 26.2. The number of rotatable bonds is 11. The first kappa shape index (κ1) is 32.3. The van der Waals surface area contributed by atoms with Crippen molar-refractivity contribution < 1.29 is 24.2 Å². The lowest BCUT2D eigenvalue weighted by atomic mass is 9.90. The number of hydrogen-bond donors (Lipinski definition) is 2. The van der Waals surface area contributed by atoms with Crippen LogP contribution in [-0.4, -0.2) is 40.4 Å². The summed E-state index contributed by atoms with van der Waals surface area (Å²) in [5.74, 6) is -0.833. The molecular weight excluding hydrogens is 612 g/mol. The van der Waals surface area contributed by atoms with Crippen LogP contribution < -0.4 is 10.1 Å². The van der Waals surface area contributed by atoms with Crippen LogP contribution in [0.3, 0.4) is 0 Å². The minimum Gasteiger partial charge on any atom is -0.489 e. The number of hydrogen-bond acceptors (Lipinski definition) is 4. The van der Waals surface area contributed by atoms with E-state index < -0.39 is 24.0 Å². The largest absolute Gasteiger partial charge is 0.489 e. The van der Waals surface area contributed by atoms with Gasteiger partial charge in [-0.05, 0) is 82.8 Å². The van der Waals surface area contributed by atoms with Gasteiger partial charge in [0, 0.05) is 24.4 Å². The Morgan fingerprint density at radius 3 is 2.26 bits per heavy atom. The number of carboxylic acid groups (broad SMARTS) is 1. The van der Waals surface area contributed by atoms with Gasteiger partial charge in [0.15, 0.2) is 0 Å². The van der Waals surface area contributed by atoms with Crippen molar-refractivity contribution >= 4 is 29.4 Å². The van der Waals surface area contributed by atoms with Gasteiger partial charge in [0.05, 0.1) is 0 Å². The van der Waals surface area contributed by atoms with E-state index in [1.807, 2.05) is 84.9 Å². The summed E-state index contributed by atoms with van der Waals surface area (Å²) in [6.45, 7) is 0.696. The Balaban J connectivity index is 1.23. The Labute approximate surface area is 280 Å². The number of nitrogens with one attached hydrogen (secondary N) is 1. The Morgan fingerprint density at radius 2 is 1.55 bits per heavy atom. The molecule has 6 rings (SSSR count). The zero-order valence-corrected chi connectivity index (χ0v) is 27.0. The van der Waals surface area contributed by atoms with E-state index in [1.54, 1.807) is 17.0 Å². The van der Waals surface area contributed by atoms with Crippen LogP contribution >= 0.6 is 11.6 Å². The van der Waals surface area contributed by atoms with E-state index in [1.165, 1.54) is 0 Å². The molecule has 0 aromatic heterocycles. The molecule has 8 heteroatoms. The maximum atomic E-state index is 14.2. The summed E-state index contributed by atoms with van der Waals surface area (Å²) < 4.78 is 6.10. The normalized spacial score (nSPS) is 16.7. The average Bonchev–Trinajstić information content (AvgIpc) is 3.60. The van der Waals surface area contributed by atoms with E-state index in [-0.39, 0.29) is 12.3 Å². The number of halogens is 1. The van der Waals surface area contributed by atoms with Gasteiger partial charge in [0.1, 0.15) is 24.4 Å². The monoisotopic (exact) mass is 650 g/mol. The van der Waals surface area contributed by atoms with Crippen molar-refractivity contribution in [1.82, 2.24) is 10.2 Å². The third kappa shape index (κ3) is 8.03. The van der Waals surface area contributed by atoms with Gasteiger partial charge in [0.25, 0.3) is 0 Å². The molecule has 1 heterocycles. The zero-order chi connectivity index (χ0) is 32.8. The van der Waals surface area contributed by atoms with Crippen LogP contribution in [0.5, 0.6) is 5.75 Å². The highest BCUT2D eigenvalue weighted by atomic mass is 35.5. The first-order valence-corrected chi connectivity index (χ1v) is 16.7. The van der Waals surface area contributed by atoms with E-state index in [4.69, 9.17) is 16.3 Å². The number of ether oxygens (including phenoxy) is 1. The van der Waals surface area contributed by atoms with Crippen LogP contribution in [-0.2, 0) is 33.8 Å². The van der Waals surface area contributed by atoms with Crippen molar-refractivity contribution in [1.29, 1.82) is 0 Å². The lowest BCUT2D eigenvalue weighted by Gasteiger charge is -2.37. The first-order valence-electron chi connectivity index (χ1n) is 16.3. The SMILES string of the molecule is O=C(N[C@@H](Cc1ccc(-c2ccccc2)cc1)C(=O)O)C1c2cc(OCc3ccc(Cl)cc3)ccc2CCN1C(=O)CC1CCCC1. The smallest absolute Gasteiger partial charge is 0.326 e. The van der Waals surface area contributed by atoms with Crippen LogP contribution in [0.4, 0.5) is 0 Å². The van der Waals surface area contributed by atoms with Gasteiger partial charge in [0.2, 0.25) is 11.8 Å². The molecule has 1 aliphatic heterocycles. The number of carbonyl (C=O) groups is 3. The van der Waals surface area contributed by atoms with Crippen LogP contribution in [0.2, 0.25) is 5.02 Å². The number of carboxylic acids is 1. The van der Waals surface area contributed by atoms with Gasteiger partial charge in [-0.3, -0.25) is 9.59 Å². The molecule has 0 spiro atoms. The van der Waals surface area contributed by atoms with Crippen molar-refractivity contribution in [2.75, 3.05) is 6.54 Å². The van der Waals surface area contributed by atoms with E-state index in [9.17, 15) is 19.5 Å². The lowest BCUT2D eigenvalue weighted by Crippen LogP contribution is -2.51. The molecule has 1 aliphatic carbocycles. The topological polar surface area (TPSA) is 95.9 Å². The van der Waals surface area contributed by atoms with Crippen LogP contribution in [0, 0.1) is 5.92 Å². The summed E-state index contributed by atoms with van der Waals surface area (Å²) in [4.78, 5) is 42.0. The highest BCUT2D eigenvalue weighted by molar-refractivity contribution is 6.30. The lowest BCUT2D eigenvalue weighted by molar-refractivity contribution is -0.145. The fraction of sp³-hybridized carbons (Fsp3) is 0.308. The van der Waals surface area contributed by atoms with Crippen molar-refractivity contribution in [2.45, 2.75) is 63.6 Å². The second kappa shape index (κ2) is 14.9. The Morgan fingerprint density at radius 1 is 0.872 bits per heavy atom. The predicted molar refractivity (Wildman–Crippen MR) is 182 cm³/mol. The molecular formula is C39H39ClN2O5. The third-order valence-corrected chi connectivity index (χ3v) is 9.54. The number of carbonyl (C=O) groups excluding carboxylic acids is 2. The maximum Gasteiger partial charge on any atom is 0.326 e. The summed E-state index contributed by atoms with van der Waals surface area (Å²) in [5.41, 5.74) is 5.42. The maximum absolute atomic E-state index is 14.2. The molecule has 1 fully saturated rings. The van der Waals surface area contributed by atoms with Gasteiger partial charge in [-0.15, -0.1) is 0 Å². The highest BCUT2D eigenvalue weighted by Gasteiger charge is 2.38. The van der Waals surface area contributed by atoms with Gasteiger partial charge < -0.3 is 20.1 Å². The quantitative estimate of drug-likeness (QED) is 0.176. The summed E-state index contributed by atoms with van der Waals surface area (Å²) in [6.07, 6.45) is 5.36. The Bertz CT molecular complexity index is 1700. The van der Waals surface area contributed by atoms with E-state index >= 15 is 0 Å². The summed E-state index contributed by atoms with van der Waals surface area (Å²) in [5, 5.41) is 13.6. The third-order valence-electron chi connectivity index (χ3n) is 9.29. The van der Waals surface area contributed by atoms with Gasteiger partial charge in [-0.2, -0.15) is 0 Å². The Hall–Kier alpha value is -4.62. The summed E-state index contributed by atoms with van der Waals surface area (Å²) in [6, 6.07) is 28.5. The van der Waals surface area contributed by atoms with Crippen LogP contribution in [0.15, 0.2) is 97.1 Å². The summed E-state index contributed by atoms with van der Waals surface area (Å²) >= 11 is 6.03. The first-order chi connectivity index (χ1) is 22.8. The molecule has 4 aromatic rings. The number of nitrogens with zero attached hydrogens (tertiary/aromatic N) is 1. The molecule has 7 nitrogen and oxygen atoms in total. The Kier molecular flexibility index (Phi) is 10.2. The molecule has 242 valence electrons. The van der Waals surface area contributed by atoms with E-state index in [0.717, 1.165) is 53.5 Å².